The van der Waals surface area contributed by atoms with Gasteiger partial charge in [0.05, 0.1) is 5.56 Å². The van der Waals surface area contributed by atoms with E-state index in [1.807, 2.05) is 6.92 Å². The third-order valence-corrected chi connectivity index (χ3v) is 1.82. The highest BCUT2D eigenvalue weighted by atomic mass is 19.1. The van der Waals surface area contributed by atoms with E-state index in [2.05, 4.69) is 0 Å². The first kappa shape index (κ1) is 9.71. The molecule has 13 heavy (non-hydrogen) atoms. The van der Waals surface area contributed by atoms with Gasteiger partial charge in [-0.15, -0.1) is 0 Å². The maximum atomic E-state index is 12.7. The Morgan fingerprint density at radius 1 is 1.54 bits per heavy atom. The van der Waals surface area contributed by atoms with E-state index in [-0.39, 0.29) is 5.56 Å². The van der Waals surface area contributed by atoms with Gasteiger partial charge in [-0.05, 0) is 24.1 Å². The molecule has 0 aromatic heterocycles. The van der Waals surface area contributed by atoms with Crippen molar-refractivity contribution in [2.24, 2.45) is 0 Å². The quantitative estimate of drug-likeness (QED) is 0.779. The Balaban J connectivity index is 3.10. The van der Waals surface area contributed by atoms with E-state index < -0.39 is 11.8 Å². The molecule has 0 unspecified atom stereocenters. The normalized spacial score (nSPS) is 10.0. The molecule has 1 aromatic rings. The van der Waals surface area contributed by atoms with E-state index >= 15 is 0 Å². The molecule has 0 heterocycles. The van der Waals surface area contributed by atoms with Gasteiger partial charge in [0.25, 0.3) is 0 Å². The molecule has 0 spiro atoms. The van der Waals surface area contributed by atoms with Crippen LogP contribution >= 0.6 is 0 Å². The van der Waals surface area contributed by atoms with Crippen LogP contribution in [0.1, 0.15) is 29.3 Å². The molecule has 1 rings (SSSR count). The lowest BCUT2D eigenvalue weighted by Crippen LogP contribution is -2.02. The van der Waals surface area contributed by atoms with Gasteiger partial charge in [-0.3, -0.25) is 0 Å². The van der Waals surface area contributed by atoms with Crippen LogP contribution in [-0.2, 0) is 6.42 Å². The lowest BCUT2D eigenvalue weighted by Gasteiger charge is -2.03. The van der Waals surface area contributed by atoms with Gasteiger partial charge in [-0.25, -0.2) is 9.18 Å². The predicted molar refractivity (Wildman–Crippen MR) is 47.4 cm³/mol. The van der Waals surface area contributed by atoms with Gasteiger partial charge in [0.2, 0.25) is 0 Å². The first-order valence-corrected chi connectivity index (χ1v) is 4.17. The molecule has 1 N–H and O–H groups in total. The predicted octanol–water partition coefficient (Wildman–Crippen LogP) is 2.48. The fourth-order valence-corrected chi connectivity index (χ4v) is 1.24. The number of carboxylic acid groups (broad SMARTS) is 1. The molecule has 0 aliphatic carbocycles. The number of aromatic carboxylic acids is 1. The topological polar surface area (TPSA) is 37.3 Å². The van der Waals surface area contributed by atoms with Gasteiger partial charge in [0, 0.05) is 0 Å². The molecule has 0 saturated heterocycles. The van der Waals surface area contributed by atoms with Crippen LogP contribution in [0.25, 0.3) is 0 Å². The lowest BCUT2D eigenvalue weighted by atomic mass is 10.0. The number of carboxylic acids is 1. The van der Waals surface area contributed by atoms with Gasteiger partial charge < -0.3 is 5.11 Å². The Kier molecular flexibility index (Phi) is 3.01. The third kappa shape index (κ3) is 2.28. The van der Waals surface area contributed by atoms with Crippen LogP contribution in [0, 0.1) is 5.82 Å². The molecule has 0 bridgehead atoms. The van der Waals surface area contributed by atoms with E-state index in [9.17, 15) is 9.18 Å². The van der Waals surface area contributed by atoms with E-state index in [0.29, 0.717) is 12.0 Å². The molecule has 0 saturated carbocycles. The molecule has 0 radical (unpaired) electrons. The summed E-state index contributed by atoms with van der Waals surface area (Å²) in [6.45, 7) is 1.95. The molecular weight excluding hydrogens is 171 g/mol. The SMILES string of the molecule is CCCc1ccc(F)cc1C(=O)O. The van der Waals surface area contributed by atoms with Crippen molar-refractivity contribution in [3.05, 3.63) is 35.1 Å². The zero-order valence-electron chi connectivity index (χ0n) is 7.38. The highest BCUT2D eigenvalue weighted by molar-refractivity contribution is 5.89. The van der Waals surface area contributed by atoms with Gasteiger partial charge >= 0.3 is 5.97 Å². The standard InChI is InChI=1S/C10H11FO2/c1-2-3-7-4-5-8(11)6-9(7)10(12)13/h4-6H,2-3H2,1H3,(H,12,13). The summed E-state index contributed by atoms with van der Waals surface area (Å²) in [5.74, 6) is -1.57. The minimum atomic E-state index is -1.07. The summed E-state index contributed by atoms with van der Waals surface area (Å²) in [6.07, 6.45) is 1.52. The largest absolute Gasteiger partial charge is 0.478 e. The van der Waals surface area contributed by atoms with Crippen molar-refractivity contribution in [1.82, 2.24) is 0 Å². The van der Waals surface area contributed by atoms with Crippen LogP contribution in [0.5, 0.6) is 0 Å². The van der Waals surface area contributed by atoms with Crippen molar-refractivity contribution in [3.8, 4) is 0 Å². The summed E-state index contributed by atoms with van der Waals surface area (Å²) in [6, 6.07) is 3.88. The minimum Gasteiger partial charge on any atom is -0.478 e. The molecule has 0 atom stereocenters. The number of hydrogen-bond acceptors (Lipinski definition) is 1. The van der Waals surface area contributed by atoms with Crippen molar-refractivity contribution in [1.29, 1.82) is 0 Å². The summed E-state index contributed by atoms with van der Waals surface area (Å²) in [5.41, 5.74) is 0.762. The number of rotatable bonds is 3. The van der Waals surface area contributed by atoms with E-state index in [1.54, 1.807) is 0 Å². The van der Waals surface area contributed by atoms with Crippen molar-refractivity contribution in [3.63, 3.8) is 0 Å². The number of aryl methyl sites for hydroxylation is 1. The first-order chi connectivity index (χ1) is 6.15. The van der Waals surface area contributed by atoms with Crippen molar-refractivity contribution in [2.75, 3.05) is 0 Å². The van der Waals surface area contributed by atoms with E-state index in [1.165, 1.54) is 12.1 Å². The molecular formula is C10H11FO2. The minimum absolute atomic E-state index is 0.0712. The number of hydrogen-bond donors (Lipinski definition) is 1. The van der Waals surface area contributed by atoms with Crippen molar-refractivity contribution < 1.29 is 14.3 Å². The first-order valence-electron chi connectivity index (χ1n) is 4.17. The Morgan fingerprint density at radius 3 is 2.77 bits per heavy atom. The van der Waals surface area contributed by atoms with Crippen molar-refractivity contribution in [2.45, 2.75) is 19.8 Å². The zero-order valence-corrected chi connectivity index (χ0v) is 7.38. The molecule has 70 valence electrons. The average Bonchev–Trinajstić information content (AvgIpc) is 2.08. The summed E-state index contributed by atoms with van der Waals surface area (Å²) >= 11 is 0. The molecule has 0 aliphatic heterocycles. The Bertz CT molecular complexity index is 321. The second-order valence-corrected chi connectivity index (χ2v) is 2.86. The third-order valence-electron chi connectivity index (χ3n) is 1.82. The second kappa shape index (κ2) is 4.03. The fraction of sp³-hybridized carbons (Fsp3) is 0.300. The lowest BCUT2D eigenvalue weighted by molar-refractivity contribution is 0.0695. The van der Waals surface area contributed by atoms with Crippen LogP contribution in [0.3, 0.4) is 0 Å². The van der Waals surface area contributed by atoms with Crippen LogP contribution in [0.4, 0.5) is 4.39 Å². The second-order valence-electron chi connectivity index (χ2n) is 2.86. The van der Waals surface area contributed by atoms with Gasteiger partial charge in [0.15, 0.2) is 0 Å². The van der Waals surface area contributed by atoms with Crippen LogP contribution in [-0.4, -0.2) is 11.1 Å². The molecule has 0 fully saturated rings. The van der Waals surface area contributed by atoms with Gasteiger partial charge in [-0.1, -0.05) is 19.4 Å². The molecule has 3 heteroatoms. The number of benzene rings is 1. The van der Waals surface area contributed by atoms with Crippen molar-refractivity contribution >= 4 is 5.97 Å². The van der Waals surface area contributed by atoms with Crippen LogP contribution in [0.2, 0.25) is 0 Å². The molecule has 0 aliphatic rings. The summed E-state index contributed by atoms with van der Waals surface area (Å²) < 4.78 is 12.7. The summed E-state index contributed by atoms with van der Waals surface area (Å²) in [7, 11) is 0. The van der Waals surface area contributed by atoms with Gasteiger partial charge in [-0.2, -0.15) is 0 Å². The zero-order chi connectivity index (χ0) is 9.84. The Morgan fingerprint density at radius 2 is 2.23 bits per heavy atom. The monoisotopic (exact) mass is 182 g/mol. The maximum absolute atomic E-state index is 12.7. The fourth-order valence-electron chi connectivity index (χ4n) is 1.24. The van der Waals surface area contributed by atoms with E-state index in [0.717, 1.165) is 12.5 Å². The summed E-state index contributed by atoms with van der Waals surface area (Å²) in [5, 5.41) is 8.75. The highest BCUT2D eigenvalue weighted by Crippen LogP contribution is 2.13. The van der Waals surface area contributed by atoms with E-state index in [4.69, 9.17) is 5.11 Å². The number of carbonyl (C=O) groups is 1. The number of halogens is 1. The Hall–Kier alpha value is -1.38. The van der Waals surface area contributed by atoms with Crippen LogP contribution in [0.15, 0.2) is 18.2 Å². The highest BCUT2D eigenvalue weighted by Gasteiger charge is 2.09. The maximum Gasteiger partial charge on any atom is 0.336 e. The average molecular weight is 182 g/mol. The Labute approximate surface area is 76.0 Å². The molecule has 2 nitrogen and oxygen atoms in total. The van der Waals surface area contributed by atoms with Gasteiger partial charge in [0.1, 0.15) is 5.82 Å². The smallest absolute Gasteiger partial charge is 0.336 e. The summed E-state index contributed by atoms with van der Waals surface area (Å²) in [4.78, 5) is 10.7. The molecule has 1 aromatic carbocycles. The molecule has 0 amide bonds. The van der Waals surface area contributed by atoms with Crippen LogP contribution < -0.4 is 0 Å².